The quantitative estimate of drug-likeness (QED) is 0.801. The van der Waals surface area contributed by atoms with Crippen molar-refractivity contribution in [3.8, 4) is 0 Å². The Kier molecular flexibility index (Phi) is 4.31. The van der Waals surface area contributed by atoms with Crippen LogP contribution in [0.3, 0.4) is 0 Å². The molecule has 2 aromatic carbocycles. The normalized spacial score (nSPS) is 20.0. The van der Waals surface area contributed by atoms with E-state index in [9.17, 15) is 13.2 Å². The van der Waals surface area contributed by atoms with Crippen LogP contribution in [0.4, 0.5) is 5.69 Å². The number of amides is 1. The summed E-state index contributed by atoms with van der Waals surface area (Å²) in [7, 11) is -3.26. The maximum Gasteiger partial charge on any atom is 0.252 e. The summed E-state index contributed by atoms with van der Waals surface area (Å²) in [6, 6.07) is 14.8. The zero-order chi connectivity index (χ0) is 18.4. The topological polar surface area (TPSA) is 66.5 Å². The number of hydrogen-bond acceptors (Lipinski definition) is 3. The van der Waals surface area contributed by atoms with Crippen LogP contribution in [0.15, 0.2) is 53.0 Å². The average Bonchev–Trinajstić information content (AvgIpc) is 3.31. The molecule has 4 rings (SSSR count). The zero-order valence-electron chi connectivity index (χ0n) is 14.1. The Balaban J connectivity index is 1.56. The lowest BCUT2D eigenvalue weighted by Gasteiger charge is -2.20. The van der Waals surface area contributed by atoms with Crippen molar-refractivity contribution in [2.24, 2.45) is 0 Å². The summed E-state index contributed by atoms with van der Waals surface area (Å²) in [4.78, 5) is 12.8. The first-order valence-corrected chi connectivity index (χ1v) is 11.0. The van der Waals surface area contributed by atoms with E-state index in [0.717, 1.165) is 22.9 Å². The molecule has 0 spiro atoms. The van der Waals surface area contributed by atoms with Crippen LogP contribution in [0.1, 0.15) is 35.2 Å². The van der Waals surface area contributed by atoms with Gasteiger partial charge in [-0.15, -0.1) is 0 Å². The Morgan fingerprint density at radius 2 is 1.85 bits per heavy atom. The number of rotatable bonds is 4. The Bertz CT molecular complexity index is 953. The molecule has 1 N–H and O–H groups in total. The molecule has 1 amide bonds. The van der Waals surface area contributed by atoms with Crippen LogP contribution < -0.4 is 9.62 Å². The maximum absolute atomic E-state index is 12.8. The zero-order valence-corrected chi connectivity index (χ0v) is 16.5. The van der Waals surface area contributed by atoms with Crippen molar-refractivity contribution >= 4 is 37.5 Å². The molecule has 0 atom stereocenters. The predicted molar refractivity (Wildman–Crippen MR) is 105 cm³/mol. The Hall–Kier alpha value is -1.86. The Labute approximate surface area is 161 Å². The largest absolute Gasteiger partial charge is 0.343 e. The van der Waals surface area contributed by atoms with E-state index >= 15 is 0 Å². The summed E-state index contributed by atoms with van der Waals surface area (Å²) in [5, 5.41) is 3.14. The van der Waals surface area contributed by atoms with Gasteiger partial charge in [0.2, 0.25) is 10.0 Å². The molecule has 1 saturated heterocycles. The minimum atomic E-state index is -3.26. The van der Waals surface area contributed by atoms with E-state index in [1.165, 1.54) is 4.31 Å². The van der Waals surface area contributed by atoms with Crippen LogP contribution >= 0.6 is 15.9 Å². The fourth-order valence-corrected chi connectivity index (χ4v) is 5.22. The number of carbonyl (C=O) groups is 1. The van der Waals surface area contributed by atoms with E-state index in [2.05, 4.69) is 21.2 Å². The van der Waals surface area contributed by atoms with E-state index in [1.54, 1.807) is 24.3 Å². The smallest absolute Gasteiger partial charge is 0.252 e. The molecule has 1 saturated carbocycles. The highest BCUT2D eigenvalue weighted by molar-refractivity contribution is 9.10. The minimum absolute atomic E-state index is 0.163. The van der Waals surface area contributed by atoms with Crippen molar-refractivity contribution in [1.29, 1.82) is 0 Å². The molecule has 1 aliphatic carbocycles. The van der Waals surface area contributed by atoms with Gasteiger partial charge in [-0.25, -0.2) is 8.42 Å². The Morgan fingerprint density at radius 3 is 2.46 bits per heavy atom. The van der Waals surface area contributed by atoms with E-state index in [-0.39, 0.29) is 17.2 Å². The second-order valence-corrected chi connectivity index (χ2v) is 9.76. The third-order valence-corrected chi connectivity index (χ3v) is 7.39. The molecular formula is C19H19BrN2O3S. The fourth-order valence-electron chi connectivity index (χ4n) is 3.40. The number of nitrogens with zero attached hydrogens (tertiary/aromatic N) is 1. The highest BCUT2D eigenvalue weighted by Crippen LogP contribution is 2.46. The van der Waals surface area contributed by atoms with Crippen molar-refractivity contribution in [2.75, 3.05) is 16.6 Å². The number of halogens is 1. The SMILES string of the molecule is O=C(NC1(c2ccc(Br)cc2)CC1)c1cccc(N2CCCS2(=O)=O)c1. The summed E-state index contributed by atoms with van der Waals surface area (Å²) >= 11 is 3.43. The molecule has 0 aromatic heterocycles. The molecule has 2 aromatic rings. The fraction of sp³-hybridized carbons (Fsp3) is 0.316. The summed E-state index contributed by atoms with van der Waals surface area (Å²) < 4.78 is 26.6. The number of hydrogen-bond donors (Lipinski definition) is 1. The van der Waals surface area contributed by atoms with Gasteiger partial charge in [0.25, 0.3) is 5.91 Å². The van der Waals surface area contributed by atoms with Crippen LogP contribution in [0.25, 0.3) is 0 Å². The molecule has 7 heteroatoms. The van der Waals surface area contributed by atoms with Gasteiger partial charge >= 0.3 is 0 Å². The van der Waals surface area contributed by atoms with E-state index in [4.69, 9.17) is 0 Å². The molecule has 1 aliphatic heterocycles. The molecule has 0 radical (unpaired) electrons. The molecule has 5 nitrogen and oxygen atoms in total. The standard InChI is InChI=1S/C19H19BrN2O3S/c20-16-7-5-15(6-8-16)19(9-10-19)21-18(23)14-3-1-4-17(13-14)22-11-2-12-26(22,24)25/h1,3-8,13H,2,9-12H2,(H,21,23). The van der Waals surface area contributed by atoms with Gasteiger partial charge in [-0.1, -0.05) is 34.1 Å². The van der Waals surface area contributed by atoms with Crippen molar-refractivity contribution in [3.05, 3.63) is 64.1 Å². The third kappa shape index (κ3) is 3.25. The summed E-state index contributed by atoms with van der Waals surface area (Å²) in [6.07, 6.45) is 2.42. The molecule has 2 aliphatic rings. The number of anilines is 1. The molecule has 1 heterocycles. The summed E-state index contributed by atoms with van der Waals surface area (Å²) in [6.45, 7) is 0.468. The molecular weight excluding hydrogens is 416 g/mol. The first-order chi connectivity index (χ1) is 12.4. The number of nitrogens with one attached hydrogen (secondary N) is 1. The first-order valence-electron chi connectivity index (χ1n) is 8.59. The molecule has 0 bridgehead atoms. The minimum Gasteiger partial charge on any atom is -0.343 e. The van der Waals surface area contributed by atoms with Gasteiger partial charge in [-0.2, -0.15) is 0 Å². The summed E-state index contributed by atoms with van der Waals surface area (Å²) in [5.41, 5.74) is 1.82. The van der Waals surface area contributed by atoms with Gasteiger partial charge < -0.3 is 5.32 Å². The van der Waals surface area contributed by atoms with Crippen LogP contribution in [0.2, 0.25) is 0 Å². The van der Waals surface area contributed by atoms with Gasteiger partial charge in [-0.3, -0.25) is 9.10 Å². The van der Waals surface area contributed by atoms with Gasteiger partial charge in [-0.05, 0) is 55.2 Å². The van der Waals surface area contributed by atoms with Crippen LogP contribution in [-0.2, 0) is 15.6 Å². The average molecular weight is 435 g/mol. The highest BCUT2D eigenvalue weighted by Gasteiger charge is 2.45. The van der Waals surface area contributed by atoms with Crippen LogP contribution in [-0.4, -0.2) is 26.6 Å². The predicted octanol–water partition coefficient (Wildman–Crippen LogP) is 3.41. The number of carbonyl (C=O) groups excluding carboxylic acids is 1. The third-order valence-electron chi connectivity index (χ3n) is 5.00. The van der Waals surface area contributed by atoms with Crippen molar-refractivity contribution in [1.82, 2.24) is 5.32 Å². The second kappa shape index (κ2) is 6.39. The highest BCUT2D eigenvalue weighted by atomic mass is 79.9. The maximum atomic E-state index is 12.8. The van der Waals surface area contributed by atoms with Crippen molar-refractivity contribution in [3.63, 3.8) is 0 Å². The summed E-state index contributed by atoms with van der Waals surface area (Å²) in [5.74, 6) is -0.0142. The molecule has 26 heavy (non-hydrogen) atoms. The van der Waals surface area contributed by atoms with Crippen LogP contribution in [0, 0.1) is 0 Å². The van der Waals surface area contributed by atoms with E-state index in [1.807, 2.05) is 24.3 Å². The number of sulfonamides is 1. The van der Waals surface area contributed by atoms with Crippen LogP contribution in [0.5, 0.6) is 0 Å². The molecule has 0 unspecified atom stereocenters. The van der Waals surface area contributed by atoms with Gasteiger partial charge in [0.1, 0.15) is 0 Å². The van der Waals surface area contributed by atoms with E-state index < -0.39 is 10.0 Å². The lowest BCUT2D eigenvalue weighted by molar-refractivity contribution is 0.0931. The van der Waals surface area contributed by atoms with Gasteiger partial charge in [0.15, 0.2) is 0 Å². The number of benzene rings is 2. The molecule has 2 fully saturated rings. The Morgan fingerprint density at radius 1 is 1.12 bits per heavy atom. The lowest BCUT2D eigenvalue weighted by atomic mass is 10.0. The van der Waals surface area contributed by atoms with Crippen molar-refractivity contribution < 1.29 is 13.2 Å². The van der Waals surface area contributed by atoms with Gasteiger partial charge in [0, 0.05) is 16.6 Å². The lowest BCUT2D eigenvalue weighted by Crippen LogP contribution is -2.35. The van der Waals surface area contributed by atoms with E-state index in [0.29, 0.717) is 24.2 Å². The first kappa shape index (κ1) is 17.5. The second-order valence-electron chi connectivity index (χ2n) is 6.84. The van der Waals surface area contributed by atoms with Crippen molar-refractivity contribution in [2.45, 2.75) is 24.8 Å². The monoisotopic (exact) mass is 434 g/mol. The molecule has 136 valence electrons. The van der Waals surface area contributed by atoms with Gasteiger partial charge in [0.05, 0.1) is 17.0 Å².